The first-order valence-corrected chi connectivity index (χ1v) is 11.0. The third-order valence-electron chi connectivity index (χ3n) is 4.48. The van der Waals surface area contributed by atoms with Crippen molar-refractivity contribution in [1.29, 1.82) is 0 Å². The first-order valence-electron chi connectivity index (χ1n) is 9.59. The molecular formula is C21H21F3N2O5S. The van der Waals surface area contributed by atoms with Gasteiger partial charge in [-0.3, -0.25) is 4.79 Å². The number of amides is 1. The molecule has 0 saturated carbocycles. The van der Waals surface area contributed by atoms with Gasteiger partial charge in [-0.25, -0.2) is 8.42 Å². The zero-order chi connectivity index (χ0) is 23.4. The van der Waals surface area contributed by atoms with E-state index in [2.05, 4.69) is 11.9 Å². The summed E-state index contributed by atoms with van der Waals surface area (Å²) in [5, 5.41) is 2.57. The van der Waals surface area contributed by atoms with Gasteiger partial charge >= 0.3 is 6.18 Å². The smallest absolute Gasteiger partial charge is 0.416 e. The van der Waals surface area contributed by atoms with Gasteiger partial charge in [-0.05, 0) is 30.3 Å². The number of carbonyl (C=O) groups is 1. The van der Waals surface area contributed by atoms with Gasteiger partial charge in [-0.1, -0.05) is 12.1 Å². The number of halogens is 3. The number of fused-ring (bicyclic) bond motifs is 1. The predicted molar refractivity (Wildman–Crippen MR) is 111 cm³/mol. The Balaban J connectivity index is 1.78. The van der Waals surface area contributed by atoms with Gasteiger partial charge in [0, 0.05) is 24.7 Å². The minimum Gasteiger partial charge on any atom is -0.490 e. The van der Waals surface area contributed by atoms with Gasteiger partial charge in [-0.15, -0.1) is 6.58 Å². The van der Waals surface area contributed by atoms with E-state index in [1.807, 2.05) is 0 Å². The van der Waals surface area contributed by atoms with Crippen LogP contribution in [0.25, 0.3) is 0 Å². The largest absolute Gasteiger partial charge is 0.490 e. The van der Waals surface area contributed by atoms with E-state index in [-0.39, 0.29) is 6.54 Å². The molecule has 7 nitrogen and oxygen atoms in total. The third-order valence-corrected chi connectivity index (χ3v) is 6.29. The number of sulfonamides is 1. The van der Waals surface area contributed by atoms with Crippen molar-refractivity contribution >= 4 is 21.6 Å². The lowest BCUT2D eigenvalue weighted by molar-refractivity contribution is -0.137. The summed E-state index contributed by atoms with van der Waals surface area (Å²) < 4.78 is 76.6. The number of carbonyl (C=O) groups excluding carboxylic acids is 1. The van der Waals surface area contributed by atoms with Crippen LogP contribution in [0.4, 0.5) is 18.9 Å². The molecule has 11 heteroatoms. The van der Waals surface area contributed by atoms with E-state index in [4.69, 9.17) is 9.47 Å². The Labute approximate surface area is 183 Å². The summed E-state index contributed by atoms with van der Waals surface area (Å²) in [6, 6.07) is 8.10. The van der Waals surface area contributed by atoms with Crippen LogP contribution < -0.4 is 14.8 Å². The van der Waals surface area contributed by atoms with Crippen molar-refractivity contribution in [2.75, 3.05) is 31.6 Å². The molecule has 2 aromatic rings. The number of benzene rings is 2. The summed E-state index contributed by atoms with van der Waals surface area (Å²) >= 11 is 0. The molecule has 0 unspecified atom stereocenters. The van der Waals surface area contributed by atoms with Gasteiger partial charge in [0.05, 0.1) is 30.2 Å². The molecule has 3 rings (SSSR count). The lowest BCUT2D eigenvalue weighted by Gasteiger charge is -2.21. The van der Waals surface area contributed by atoms with E-state index in [1.165, 1.54) is 6.08 Å². The quantitative estimate of drug-likeness (QED) is 0.624. The SMILES string of the molecule is C=CCN(CC(=O)Nc1ccc2c(c1)OCCCO2)S(=O)(=O)c1cccc(C(F)(F)F)c1. The molecule has 0 spiro atoms. The van der Waals surface area contributed by atoms with Crippen LogP contribution in [-0.4, -0.2) is 44.9 Å². The Morgan fingerprint density at radius 3 is 2.53 bits per heavy atom. The third kappa shape index (κ3) is 5.60. The first kappa shape index (κ1) is 23.6. The summed E-state index contributed by atoms with van der Waals surface area (Å²) in [6.45, 7) is 3.52. The minimum absolute atomic E-state index is 0.271. The molecule has 0 aromatic heterocycles. The maximum atomic E-state index is 13.0. The molecular weight excluding hydrogens is 449 g/mol. The Hall–Kier alpha value is -3.05. The molecule has 0 bridgehead atoms. The standard InChI is InChI=1S/C21H21F3N2O5S/c1-2-9-26(32(28,29)17-6-3-5-15(12-17)21(22,23)24)14-20(27)25-16-7-8-18-19(13-16)31-11-4-10-30-18/h2-3,5-8,12-13H,1,4,9-11,14H2,(H,25,27). The highest BCUT2D eigenvalue weighted by Gasteiger charge is 2.33. The molecule has 0 saturated heterocycles. The molecule has 32 heavy (non-hydrogen) atoms. The van der Waals surface area contributed by atoms with E-state index < -0.39 is 39.1 Å². The molecule has 0 aliphatic carbocycles. The number of nitrogens with one attached hydrogen (secondary N) is 1. The summed E-state index contributed by atoms with van der Waals surface area (Å²) in [5.74, 6) is 0.289. The number of hydrogen-bond acceptors (Lipinski definition) is 5. The fourth-order valence-electron chi connectivity index (χ4n) is 2.98. The highest BCUT2D eigenvalue weighted by atomic mass is 32.2. The molecule has 1 amide bonds. The molecule has 0 atom stereocenters. The van der Waals surface area contributed by atoms with Gasteiger partial charge < -0.3 is 14.8 Å². The average molecular weight is 470 g/mol. The summed E-state index contributed by atoms with van der Waals surface area (Å²) in [4.78, 5) is 12.0. The van der Waals surface area contributed by atoms with Crippen LogP contribution in [0.3, 0.4) is 0 Å². The fourth-order valence-corrected chi connectivity index (χ4v) is 4.39. The fraction of sp³-hybridized carbons (Fsp3) is 0.286. The number of hydrogen-bond donors (Lipinski definition) is 1. The topological polar surface area (TPSA) is 84.9 Å². The monoisotopic (exact) mass is 470 g/mol. The maximum absolute atomic E-state index is 13.0. The van der Waals surface area contributed by atoms with E-state index in [1.54, 1.807) is 18.2 Å². The molecule has 1 N–H and O–H groups in total. The van der Waals surface area contributed by atoms with E-state index in [9.17, 15) is 26.4 Å². The zero-order valence-electron chi connectivity index (χ0n) is 16.9. The van der Waals surface area contributed by atoms with E-state index in [0.29, 0.717) is 42.9 Å². The minimum atomic E-state index is -4.71. The number of nitrogens with zero attached hydrogens (tertiary/aromatic N) is 1. The van der Waals surface area contributed by atoms with Crippen molar-refractivity contribution in [3.8, 4) is 11.5 Å². The van der Waals surface area contributed by atoms with E-state index >= 15 is 0 Å². The van der Waals surface area contributed by atoms with Crippen molar-refractivity contribution in [2.45, 2.75) is 17.5 Å². The molecule has 2 aromatic carbocycles. The molecule has 172 valence electrons. The summed E-state index contributed by atoms with van der Waals surface area (Å²) in [7, 11) is -4.40. The van der Waals surface area contributed by atoms with Crippen LogP contribution in [0.1, 0.15) is 12.0 Å². The molecule has 1 aliphatic heterocycles. The molecule has 0 radical (unpaired) electrons. The van der Waals surface area contributed by atoms with Crippen molar-refractivity contribution in [2.24, 2.45) is 0 Å². The van der Waals surface area contributed by atoms with Gasteiger partial charge in [-0.2, -0.15) is 17.5 Å². The van der Waals surface area contributed by atoms with Crippen LogP contribution >= 0.6 is 0 Å². The Morgan fingerprint density at radius 2 is 1.84 bits per heavy atom. The van der Waals surface area contributed by atoms with Gasteiger partial charge in [0.2, 0.25) is 15.9 Å². The molecule has 0 fully saturated rings. The number of ether oxygens (including phenoxy) is 2. The average Bonchev–Trinajstić information content (AvgIpc) is 2.98. The maximum Gasteiger partial charge on any atom is 0.416 e. The van der Waals surface area contributed by atoms with Gasteiger partial charge in [0.1, 0.15) is 0 Å². The van der Waals surface area contributed by atoms with Crippen LogP contribution in [-0.2, 0) is 21.0 Å². The molecule has 1 aliphatic rings. The van der Waals surface area contributed by atoms with Crippen molar-refractivity contribution in [3.63, 3.8) is 0 Å². The predicted octanol–water partition coefficient (Wildman–Crippen LogP) is 3.68. The van der Waals surface area contributed by atoms with Crippen molar-refractivity contribution in [3.05, 3.63) is 60.7 Å². The molecule has 1 heterocycles. The zero-order valence-corrected chi connectivity index (χ0v) is 17.7. The van der Waals surface area contributed by atoms with Crippen LogP contribution in [0.2, 0.25) is 0 Å². The Morgan fingerprint density at radius 1 is 1.12 bits per heavy atom. The Bertz CT molecular complexity index is 1100. The Kier molecular flexibility index (Phi) is 7.09. The number of anilines is 1. The van der Waals surface area contributed by atoms with Crippen LogP contribution in [0, 0.1) is 0 Å². The van der Waals surface area contributed by atoms with Crippen LogP contribution in [0.15, 0.2) is 60.0 Å². The highest BCUT2D eigenvalue weighted by molar-refractivity contribution is 7.89. The number of alkyl halides is 3. The lowest BCUT2D eigenvalue weighted by Crippen LogP contribution is -2.38. The first-order chi connectivity index (χ1) is 15.1. The van der Waals surface area contributed by atoms with Crippen molar-refractivity contribution < 1.29 is 35.9 Å². The second kappa shape index (κ2) is 9.61. The lowest BCUT2D eigenvalue weighted by atomic mass is 10.2. The second-order valence-electron chi connectivity index (χ2n) is 6.87. The summed E-state index contributed by atoms with van der Waals surface area (Å²) in [5.41, 5.74) is -0.747. The van der Waals surface area contributed by atoms with E-state index in [0.717, 1.165) is 22.5 Å². The summed E-state index contributed by atoms with van der Waals surface area (Å²) in [6.07, 6.45) is -2.75. The number of rotatable bonds is 7. The highest BCUT2D eigenvalue weighted by Crippen LogP contribution is 2.33. The van der Waals surface area contributed by atoms with Gasteiger partial charge in [0.15, 0.2) is 11.5 Å². The van der Waals surface area contributed by atoms with Gasteiger partial charge in [0.25, 0.3) is 0 Å². The normalized spacial score (nSPS) is 14.0. The second-order valence-corrected chi connectivity index (χ2v) is 8.81. The van der Waals surface area contributed by atoms with Crippen LogP contribution in [0.5, 0.6) is 11.5 Å². The van der Waals surface area contributed by atoms with Crippen molar-refractivity contribution in [1.82, 2.24) is 4.31 Å².